The summed E-state index contributed by atoms with van der Waals surface area (Å²) in [6.07, 6.45) is 4.25. The van der Waals surface area contributed by atoms with Crippen LogP contribution >= 0.6 is 22.7 Å². The van der Waals surface area contributed by atoms with Crippen molar-refractivity contribution in [3.05, 3.63) is 34.7 Å². The van der Waals surface area contributed by atoms with Gasteiger partial charge in [-0.2, -0.15) is 0 Å². The highest BCUT2D eigenvalue weighted by atomic mass is 32.1. The Labute approximate surface area is 149 Å². The Hall–Kier alpha value is -1.76. The van der Waals surface area contributed by atoms with Gasteiger partial charge in [0.25, 0.3) is 0 Å². The summed E-state index contributed by atoms with van der Waals surface area (Å²) in [5.74, 6) is 0.698. The maximum Gasteiger partial charge on any atom is 0.135 e. The minimum atomic E-state index is 0.698. The monoisotopic (exact) mass is 356 g/mol. The molecule has 0 amide bonds. The zero-order valence-electron chi connectivity index (χ0n) is 13.6. The first-order valence-electron chi connectivity index (χ1n) is 8.17. The summed E-state index contributed by atoms with van der Waals surface area (Å²) in [4.78, 5) is 11.5. The Morgan fingerprint density at radius 2 is 2.08 bits per heavy atom. The van der Waals surface area contributed by atoms with Gasteiger partial charge in [0, 0.05) is 35.0 Å². The van der Waals surface area contributed by atoms with Crippen LogP contribution in [0, 0.1) is 0 Å². The van der Waals surface area contributed by atoms with Gasteiger partial charge in [0.1, 0.15) is 9.84 Å². The smallest absolute Gasteiger partial charge is 0.135 e. The first kappa shape index (κ1) is 15.7. The van der Waals surface area contributed by atoms with E-state index in [4.69, 9.17) is 10.7 Å². The van der Waals surface area contributed by atoms with Crippen LogP contribution in [0.2, 0.25) is 0 Å². The highest BCUT2D eigenvalue weighted by Crippen LogP contribution is 2.40. The molecular weight excluding hydrogens is 336 g/mol. The second-order valence-corrected chi connectivity index (χ2v) is 8.19. The van der Waals surface area contributed by atoms with Crippen molar-refractivity contribution in [1.29, 1.82) is 0 Å². The average Bonchev–Trinajstić information content (AvgIpc) is 3.17. The van der Waals surface area contributed by atoms with E-state index in [9.17, 15) is 0 Å². The summed E-state index contributed by atoms with van der Waals surface area (Å²) in [5.41, 5.74) is 8.89. The maximum absolute atomic E-state index is 6.12. The lowest BCUT2D eigenvalue weighted by atomic mass is 9.97. The number of aliphatic imine (C=N–C) groups is 1. The Balaban J connectivity index is 1.63. The molecule has 2 aromatic heterocycles. The topological polar surface area (TPSA) is 63.3 Å². The molecule has 24 heavy (non-hydrogen) atoms. The number of nitrogen functional groups attached to an aromatic ring is 1. The second kappa shape index (κ2) is 6.63. The van der Waals surface area contributed by atoms with Crippen LogP contribution in [0.1, 0.15) is 29.2 Å². The molecule has 4 nitrogen and oxygen atoms in total. The van der Waals surface area contributed by atoms with E-state index in [0.29, 0.717) is 5.92 Å². The van der Waals surface area contributed by atoms with Gasteiger partial charge in [-0.15, -0.1) is 22.7 Å². The van der Waals surface area contributed by atoms with Crippen LogP contribution in [0.25, 0.3) is 20.1 Å². The van der Waals surface area contributed by atoms with Crippen LogP contribution in [-0.4, -0.2) is 31.3 Å². The third-order valence-electron chi connectivity index (χ3n) is 4.45. The Kier molecular flexibility index (Phi) is 4.35. The van der Waals surface area contributed by atoms with Crippen molar-refractivity contribution in [1.82, 2.24) is 10.3 Å². The van der Waals surface area contributed by atoms with Gasteiger partial charge in [-0.05, 0) is 44.0 Å². The molecule has 3 N–H and O–H groups in total. The summed E-state index contributed by atoms with van der Waals surface area (Å²) >= 11 is 3.61. The van der Waals surface area contributed by atoms with Crippen LogP contribution in [-0.2, 0) is 0 Å². The third kappa shape index (κ3) is 2.97. The standard InChI is InChI=1S/C18H20N4S2/c1-20-10-13-3-2-12(8-14(13)19)17-22-18-16(24-17)9-15(23-18)11-4-6-21-7-5-11/h2-3,8-11,21H,4-7,19H2,1H3. The summed E-state index contributed by atoms with van der Waals surface area (Å²) in [7, 11) is 1.75. The Morgan fingerprint density at radius 3 is 2.79 bits per heavy atom. The molecule has 124 valence electrons. The fraction of sp³-hybridized carbons (Fsp3) is 0.333. The van der Waals surface area contributed by atoms with E-state index in [2.05, 4.69) is 22.4 Å². The van der Waals surface area contributed by atoms with Gasteiger partial charge < -0.3 is 11.1 Å². The van der Waals surface area contributed by atoms with Crippen molar-refractivity contribution in [2.24, 2.45) is 4.99 Å². The molecule has 0 spiro atoms. The largest absolute Gasteiger partial charge is 0.398 e. The van der Waals surface area contributed by atoms with Crippen LogP contribution in [0.3, 0.4) is 0 Å². The van der Waals surface area contributed by atoms with Crippen LogP contribution in [0.4, 0.5) is 5.69 Å². The number of nitrogens with two attached hydrogens (primary N) is 1. The number of benzene rings is 1. The van der Waals surface area contributed by atoms with Gasteiger partial charge in [0.05, 0.1) is 4.70 Å². The first-order chi connectivity index (χ1) is 11.7. The second-order valence-electron chi connectivity index (χ2n) is 6.09. The molecule has 1 saturated heterocycles. The molecule has 1 fully saturated rings. The molecule has 3 aromatic rings. The lowest BCUT2D eigenvalue weighted by Crippen LogP contribution is -2.26. The summed E-state index contributed by atoms with van der Waals surface area (Å²) in [5, 5.41) is 4.47. The van der Waals surface area contributed by atoms with E-state index < -0.39 is 0 Å². The molecular formula is C18H20N4S2. The molecule has 0 saturated carbocycles. The maximum atomic E-state index is 6.12. The van der Waals surface area contributed by atoms with Crippen molar-refractivity contribution < 1.29 is 0 Å². The van der Waals surface area contributed by atoms with Crippen molar-refractivity contribution in [2.45, 2.75) is 18.8 Å². The van der Waals surface area contributed by atoms with Crippen molar-refractivity contribution in [3.63, 3.8) is 0 Å². The zero-order chi connectivity index (χ0) is 16.5. The zero-order valence-corrected chi connectivity index (χ0v) is 15.2. The number of piperidine rings is 1. The quantitative estimate of drug-likeness (QED) is 0.548. The fourth-order valence-corrected chi connectivity index (χ4v) is 5.54. The van der Waals surface area contributed by atoms with E-state index in [1.165, 1.54) is 22.4 Å². The molecule has 0 radical (unpaired) electrons. The molecule has 1 aliphatic rings. The minimum absolute atomic E-state index is 0.698. The molecule has 6 heteroatoms. The number of aromatic nitrogens is 1. The lowest BCUT2D eigenvalue weighted by molar-refractivity contribution is 0.465. The van der Waals surface area contributed by atoms with E-state index in [1.807, 2.05) is 23.5 Å². The number of rotatable bonds is 3. The summed E-state index contributed by atoms with van der Waals surface area (Å²) in [6.45, 7) is 2.25. The van der Waals surface area contributed by atoms with Gasteiger partial charge in [-0.25, -0.2) is 4.98 Å². The number of nitrogens with one attached hydrogen (secondary N) is 1. The molecule has 0 bridgehead atoms. The fourth-order valence-electron chi connectivity index (χ4n) is 3.15. The average molecular weight is 357 g/mol. The molecule has 1 aliphatic heterocycles. The van der Waals surface area contributed by atoms with E-state index in [0.717, 1.165) is 39.7 Å². The van der Waals surface area contributed by atoms with Crippen molar-refractivity contribution >= 4 is 44.1 Å². The third-order valence-corrected chi connectivity index (χ3v) is 6.82. The number of thiazole rings is 1. The number of hydrogen-bond donors (Lipinski definition) is 2. The summed E-state index contributed by atoms with van der Waals surface area (Å²) in [6, 6.07) is 8.42. The molecule has 3 heterocycles. The van der Waals surface area contributed by atoms with Crippen molar-refractivity contribution in [2.75, 3.05) is 25.9 Å². The molecule has 1 aromatic carbocycles. The van der Waals surface area contributed by atoms with Gasteiger partial charge in [-0.1, -0.05) is 12.1 Å². The highest BCUT2D eigenvalue weighted by Gasteiger charge is 2.19. The van der Waals surface area contributed by atoms with E-state index in [-0.39, 0.29) is 0 Å². The van der Waals surface area contributed by atoms with Crippen LogP contribution in [0.15, 0.2) is 29.3 Å². The van der Waals surface area contributed by atoms with Gasteiger partial charge in [0.15, 0.2) is 0 Å². The predicted molar refractivity (Wildman–Crippen MR) is 106 cm³/mol. The number of thiophene rings is 1. The Bertz CT molecular complexity index is 856. The molecule has 4 rings (SSSR count). The number of fused-ring (bicyclic) bond motifs is 1. The first-order valence-corrected chi connectivity index (χ1v) is 9.81. The van der Waals surface area contributed by atoms with Gasteiger partial charge in [0.2, 0.25) is 0 Å². The molecule has 0 unspecified atom stereocenters. The molecule has 0 atom stereocenters. The van der Waals surface area contributed by atoms with E-state index in [1.54, 1.807) is 24.6 Å². The van der Waals surface area contributed by atoms with Gasteiger partial charge >= 0.3 is 0 Å². The number of hydrogen-bond acceptors (Lipinski definition) is 6. The van der Waals surface area contributed by atoms with Crippen LogP contribution < -0.4 is 11.1 Å². The summed E-state index contributed by atoms with van der Waals surface area (Å²) < 4.78 is 1.29. The number of nitrogens with zero attached hydrogens (tertiary/aromatic N) is 2. The van der Waals surface area contributed by atoms with Crippen LogP contribution in [0.5, 0.6) is 0 Å². The Morgan fingerprint density at radius 1 is 1.25 bits per heavy atom. The normalized spacial score (nSPS) is 16.4. The minimum Gasteiger partial charge on any atom is -0.398 e. The number of anilines is 1. The molecule has 0 aliphatic carbocycles. The predicted octanol–water partition coefficient (Wildman–Crippen LogP) is 4.12. The van der Waals surface area contributed by atoms with Gasteiger partial charge in [-0.3, -0.25) is 4.99 Å². The van der Waals surface area contributed by atoms with E-state index >= 15 is 0 Å². The highest BCUT2D eigenvalue weighted by molar-refractivity contribution is 7.28. The van der Waals surface area contributed by atoms with Crippen molar-refractivity contribution in [3.8, 4) is 10.6 Å². The lowest BCUT2D eigenvalue weighted by Gasteiger charge is -2.21. The SMILES string of the molecule is CN=Cc1ccc(-c2nc3sc(C4CCNCC4)cc3s2)cc1N.